The molecule has 28 heavy (non-hydrogen) atoms. The molecule has 1 aromatic heterocycles. The highest BCUT2D eigenvalue weighted by molar-refractivity contribution is 7.99. The molecule has 2 atom stereocenters. The van der Waals surface area contributed by atoms with Crippen LogP contribution in [-0.2, 0) is 12.8 Å². The maximum atomic E-state index is 6.24. The van der Waals surface area contributed by atoms with Crippen molar-refractivity contribution in [1.82, 2.24) is 10.5 Å². The molecule has 5 heteroatoms. The average Bonchev–Trinajstić information content (AvgIpc) is 3.35. The normalized spacial score (nSPS) is 15.4. The van der Waals surface area contributed by atoms with Crippen LogP contribution in [0, 0.1) is 5.92 Å². The molecule has 4 rings (SSSR count). The number of benzene rings is 2. The third-order valence-electron chi connectivity index (χ3n) is 5.26. The summed E-state index contributed by atoms with van der Waals surface area (Å²) in [7, 11) is 0. The first-order valence-corrected chi connectivity index (χ1v) is 10.9. The van der Waals surface area contributed by atoms with Crippen LogP contribution >= 0.6 is 11.8 Å². The lowest BCUT2D eigenvalue weighted by Crippen LogP contribution is -2.32. The van der Waals surface area contributed by atoms with Crippen LogP contribution in [0.4, 0.5) is 0 Å². The fourth-order valence-corrected chi connectivity index (χ4v) is 4.63. The van der Waals surface area contributed by atoms with Crippen LogP contribution in [0.15, 0.2) is 64.0 Å². The van der Waals surface area contributed by atoms with E-state index in [1.165, 1.54) is 10.5 Å². The van der Waals surface area contributed by atoms with E-state index in [2.05, 4.69) is 53.8 Å². The molecule has 0 aliphatic carbocycles. The summed E-state index contributed by atoms with van der Waals surface area (Å²) in [6.45, 7) is 3.18. The minimum Gasteiger partial charge on any atom is -0.360 e. The molecule has 146 valence electrons. The smallest absolute Gasteiger partial charge is 0.151 e. The Kier molecular flexibility index (Phi) is 6.15. The molecule has 1 aliphatic rings. The molecule has 0 saturated carbocycles. The largest absolute Gasteiger partial charge is 0.360 e. The maximum Gasteiger partial charge on any atom is 0.151 e. The number of hydrogen-bond donors (Lipinski definition) is 2. The Bertz CT molecular complexity index is 909. The van der Waals surface area contributed by atoms with Crippen molar-refractivity contribution in [2.75, 3.05) is 12.3 Å². The summed E-state index contributed by atoms with van der Waals surface area (Å²) in [5, 5.41) is 7.75. The molecular weight excluding hydrogens is 366 g/mol. The van der Waals surface area contributed by atoms with E-state index in [4.69, 9.17) is 10.3 Å². The minimum atomic E-state index is -0.112. The molecule has 0 saturated heterocycles. The standard InChI is InChI=1S/C23H27N3OS/c1-16(15-25-23(24)18-7-3-2-4-8-18)10-11-17-6-5-9-19(14-17)21-22-20(27-26-21)12-13-28-22/h2-9,14,16,23,25H,10-13,15,24H2,1H3. The fraction of sp³-hybridized carbons (Fsp3) is 0.348. The summed E-state index contributed by atoms with van der Waals surface area (Å²) in [6.07, 6.45) is 3.04. The van der Waals surface area contributed by atoms with Crippen LogP contribution in [0.3, 0.4) is 0 Å². The van der Waals surface area contributed by atoms with Gasteiger partial charge in [0.2, 0.25) is 0 Å². The lowest BCUT2D eigenvalue weighted by atomic mass is 9.98. The van der Waals surface area contributed by atoms with E-state index in [0.717, 1.165) is 54.1 Å². The van der Waals surface area contributed by atoms with Gasteiger partial charge in [0.05, 0.1) is 11.1 Å². The van der Waals surface area contributed by atoms with Crippen molar-refractivity contribution in [2.45, 2.75) is 37.2 Å². The van der Waals surface area contributed by atoms with Crippen molar-refractivity contribution in [3.8, 4) is 11.3 Å². The first kappa shape index (κ1) is 19.2. The average molecular weight is 394 g/mol. The number of aromatic nitrogens is 1. The zero-order chi connectivity index (χ0) is 19.3. The highest BCUT2D eigenvalue weighted by Gasteiger charge is 2.22. The Morgan fingerprint density at radius 1 is 1.18 bits per heavy atom. The Morgan fingerprint density at radius 3 is 2.89 bits per heavy atom. The van der Waals surface area contributed by atoms with E-state index in [9.17, 15) is 0 Å². The summed E-state index contributed by atoms with van der Waals surface area (Å²) in [5.74, 6) is 2.68. The Balaban J connectivity index is 1.31. The predicted octanol–water partition coefficient (Wildman–Crippen LogP) is 4.81. The molecule has 0 spiro atoms. The van der Waals surface area contributed by atoms with E-state index < -0.39 is 0 Å². The third-order valence-corrected chi connectivity index (χ3v) is 6.38. The van der Waals surface area contributed by atoms with Crippen LogP contribution < -0.4 is 11.1 Å². The number of fused-ring (bicyclic) bond motifs is 1. The van der Waals surface area contributed by atoms with Gasteiger partial charge in [-0.2, -0.15) is 0 Å². The summed E-state index contributed by atoms with van der Waals surface area (Å²) < 4.78 is 5.50. The van der Waals surface area contributed by atoms with Crippen LogP contribution in [-0.4, -0.2) is 17.5 Å². The number of nitrogens with zero attached hydrogens (tertiary/aromatic N) is 1. The molecule has 1 aliphatic heterocycles. The van der Waals surface area contributed by atoms with E-state index in [-0.39, 0.29) is 6.17 Å². The molecule has 2 unspecified atom stereocenters. The van der Waals surface area contributed by atoms with Crippen LogP contribution in [0.25, 0.3) is 11.3 Å². The number of nitrogens with one attached hydrogen (secondary N) is 1. The van der Waals surface area contributed by atoms with Gasteiger partial charge in [-0.1, -0.05) is 60.6 Å². The SMILES string of the molecule is CC(CCc1cccc(-c2noc3c2SCC3)c1)CNC(N)c1ccccc1. The first-order valence-electron chi connectivity index (χ1n) is 9.95. The van der Waals surface area contributed by atoms with Crippen molar-refractivity contribution in [2.24, 2.45) is 11.7 Å². The Labute approximate surface area is 170 Å². The van der Waals surface area contributed by atoms with Crippen LogP contribution in [0.2, 0.25) is 0 Å². The van der Waals surface area contributed by atoms with E-state index in [1.54, 1.807) is 0 Å². The van der Waals surface area contributed by atoms with Gasteiger partial charge < -0.3 is 10.3 Å². The van der Waals surface area contributed by atoms with Crippen molar-refractivity contribution < 1.29 is 4.52 Å². The van der Waals surface area contributed by atoms with Gasteiger partial charge in [0.15, 0.2) is 5.76 Å². The molecular formula is C23H27N3OS. The van der Waals surface area contributed by atoms with Crippen molar-refractivity contribution in [3.63, 3.8) is 0 Å². The molecule has 0 amide bonds. The van der Waals surface area contributed by atoms with Crippen molar-refractivity contribution in [1.29, 1.82) is 0 Å². The van der Waals surface area contributed by atoms with Gasteiger partial charge in [-0.3, -0.25) is 5.32 Å². The molecule has 0 fully saturated rings. The van der Waals surface area contributed by atoms with E-state index >= 15 is 0 Å². The number of rotatable bonds is 8. The second kappa shape index (κ2) is 8.95. The summed E-state index contributed by atoms with van der Waals surface area (Å²) >= 11 is 1.85. The summed E-state index contributed by atoms with van der Waals surface area (Å²) in [5.41, 5.74) is 10.9. The zero-order valence-corrected chi connectivity index (χ0v) is 17.0. The second-order valence-corrected chi connectivity index (χ2v) is 8.63. The molecule has 2 aromatic carbocycles. The highest BCUT2D eigenvalue weighted by atomic mass is 32.2. The predicted molar refractivity (Wildman–Crippen MR) is 115 cm³/mol. The van der Waals surface area contributed by atoms with Crippen molar-refractivity contribution in [3.05, 3.63) is 71.5 Å². The molecule has 0 bridgehead atoms. The molecule has 2 heterocycles. The highest BCUT2D eigenvalue weighted by Crippen LogP contribution is 2.39. The molecule has 4 nitrogen and oxygen atoms in total. The number of nitrogens with two attached hydrogens (primary N) is 1. The van der Waals surface area contributed by atoms with Crippen LogP contribution in [0.1, 0.15) is 36.4 Å². The van der Waals surface area contributed by atoms with Gasteiger partial charge in [0.1, 0.15) is 5.69 Å². The minimum absolute atomic E-state index is 0.112. The number of hydrogen-bond acceptors (Lipinski definition) is 5. The first-order chi connectivity index (χ1) is 13.7. The lowest BCUT2D eigenvalue weighted by molar-refractivity contribution is 0.388. The van der Waals surface area contributed by atoms with Gasteiger partial charge in [0, 0.05) is 17.7 Å². The van der Waals surface area contributed by atoms with E-state index in [0.29, 0.717) is 5.92 Å². The van der Waals surface area contributed by atoms with Gasteiger partial charge in [0.25, 0.3) is 0 Å². The molecule has 3 aromatic rings. The number of aryl methyl sites for hydroxylation is 2. The second-order valence-electron chi connectivity index (χ2n) is 7.52. The van der Waals surface area contributed by atoms with E-state index in [1.807, 2.05) is 30.0 Å². The summed E-state index contributed by atoms with van der Waals surface area (Å²) in [4.78, 5) is 1.23. The lowest BCUT2D eigenvalue weighted by Gasteiger charge is -2.18. The molecule has 3 N–H and O–H groups in total. The molecule has 0 radical (unpaired) electrons. The number of thioether (sulfide) groups is 1. The van der Waals surface area contributed by atoms with Gasteiger partial charge >= 0.3 is 0 Å². The fourth-order valence-electron chi connectivity index (χ4n) is 3.55. The van der Waals surface area contributed by atoms with Gasteiger partial charge in [-0.15, -0.1) is 11.8 Å². The topological polar surface area (TPSA) is 64.1 Å². The third kappa shape index (κ3) is 4.49. The summed E-state index contributed by atoms with van der Waals surface area (Å²) in [6, 6.07) is 18.9. The van der Waals surface area contributed by atoms with Crippen molar-refractivity contribution >= 4 is 11.8 Å². The van der Waals surface area contributed by atoms with Gasteiger partial charge in [-0.05, 0) is 42.5 Å². The monoisotopic (exact) mass is 393 g/mol. The Hall–Kier alpha value is -2.08. The van der Waals surface area contributed by atoms with Gasteiger partial charge in [-0.25, -0.2) is 0 Å². The quantitative estimate of drug-likeness (QED) is 0.538. The maximum absolute atomic E-state index is 6.24. The van der Waals surface area contributed by atoms with Crippen LogP contribution in [0.5, 0.6) is 0 Å². The Morgan fingerprint density at radius 2 is 2.04 bits per heavy atom. The zero-order valence-electron chi connectivity index (χ0n) is 16.2.